The minimum atomic E-state index is -1.26. The molecule has 3 rings (SSSR count). The smallest absolute Gasteiger partial charge is 0.355 e. The maximum Gasteiger partial charge on any atom is 0.355 e. The number of ether oxygens (including phenoxy) is 1. The molecule has 2 N–H and O–H groups in total. The molecule has 0 aliphatic carbocycles. The monoisotopic (exact) mass is 365 g/mol. The van der Waals surface area contributed by atoms with Gasteiger partial charge in [0.05, 0.1) is 19.2 Å². The summed E-state index contributed by atoms with van der Waals surface area (Å²) in [6.45, 7) is 0. The number of rotatable bonds is 2. The third kappa shape index (κ3) is 2.20. The van der Waals surface area contributed by atoms with Gasteiger partial charge in [-0.15, -0.1) is 0 Å². The number of carbonyl (C=O) groups is 3. The summed E-state index contributed by atoms with van der Waals surface area (Å²) in [5, 5.41) is 0. The van der Waals surface area contributed by atoms with Crippen molar-refractivity contribution in [3.8, 4) is 0 Å². The Kier molecular flexibility index (Phi) is 3.50. The van der Waals surface area contributed by atoms with Crippen molar-refractivity contribution < 1.29 is 19.1 Å². The number of carbonyl (C=O) groups excluding carboxylic acids is 3. The average molecular weight is 366 g/mol. The number of anilines is 1. The second-order valence-corrected chi connectivity index (χ2v) is 5.88. The van der Waals surface area contributed by atoms with Crippen LogP contribution in [0.3, 0.4) is 0 Å². The molecule has 114 valence electrons. The highest BCUT2D eigenvalue weighted by Gasteiger charge is 2.54. The number of halogens is 1. The lowest BCUT2D eigenvalue weighted by Crippen LogP contribution is -2.51. The van der Waals surface area contributed by atoms with Gasteiger partial charge >= 0.3 is 5.97 Å². The minimum absolute atomic E-state index is 0.0775. The van der Waals surface area contributed by atoms with Gasteiger partial charge in [-0.3, -0.25) is 9.59 Å². The number of hydrogen-bond donors (Lipinski definition) is 2. The average Bonchev–Trinajstić information content (AvgIpc) is 3.01. The van der Waals surface area contributed by atoms with Crippen LogP contribution in [0.25, 0.3) is 0 Å². The lowest BCUT2D eigenvalue weighted by Gasteiger charge is -2.20. The standard InChI is InChI=1S/C14H12BrN3O4/c1-22-12(20)10-6-14(17-16-10)7-11(19)18(13(14)21)9-4-2-3-8(15)5-9/h2-6,16-17H,7H2,1H3/t14-/m1/s1. The molecule has 2 aliphatic heterocycles. The molecule has 2 heterocycles. The SMILES string of the molecule is COC(=O)C1=C[C@]2(CC(=O)N(c3cccc(Br)c3)C2=O)NN1. The Balaban J connectivity index is 1.96. The number of esters is 1. The topological polar surface area (TPSA) is 87.7 Å². The first kappa shape index (κ1) is 14.7. The molecule has 0 saturated carbocycles. The molecular formula is C14H12BrN3O4. The van der Waals surface area contributed by atoms with Crippen molar-refractivity contribution in [3.63, 3.8) is 0 Å². The first-order valence-corrected chi connectivity index (χ1v) is 7.23. The third-order valence-electron chi connectivity index (χ3n) is 3.55. The van der Waals surface area contributed by atoms with E-state index in [1.54, 1.807) is 24.3 Å². The number of imide groups is 1. The Morgan fingerprint density at radius 2 is 2.18 bits per heavy atom. The van der Waals surface area contributed by atoms with Gasteiger partial charge in [-0.25, -0.2) is 15.1 Å². The predicted octanol–water partition coefficient (Wildman–Crippen LogP) is 0.616. The molecule has 2 aliphatic rings. The molecule has 1 atom stereocenters. The second kappa shape index (κ2) is 5.22. The molecule has 0 unspecified atom stereocenters. The third-order valence-corrected chi connectivity index (χ3v) is 4.04. The quantitative estimate of drug-likeness (QED) is 0.589. The Morgan fingerprint density at radius 3 is 2.86 bits per heavy atom. The van der Waals surface area contributed by atoms with Crippen LogP contribution < -0.4 is 15.8 Å². The van der Waals surface area contributed by atoms with E-state index in [9.17, 15) is 14.4 Å². The van der Waals surface area contributed by atoms with Crippen molar-refractivity contribution in [2.75, 3.05) is 12.0 Å². The van der Waals surface area contributed by atoms with Crippen LogP contribution in [0.2, 0.25) is 0 Å². The van der Waals surface area contributed by atoms with E-state index in [0.29, 0.717) is 5.69 Å². The lowest BCUT2D eigenvalue weighted by molar-refractivity contribution is -0.136. The van der Waals surface area contributed by atoms with Gasteiger partial charge in [0, 0.05) is 4.47 Å². The number of methoxy groups -OCH3 is 1. The molecule has 1 spiro atoms. The fraction of sp³-hybridized carbons (Fsp3) is 0.214. The van der Waals surface area contributed by atoms with Crippen LogP contribution in [0.1, 0.15) is 6.42 Å². The van der Waals surface area contributed by atoms with Gasteiger partial charge in [0.15, 0.2) is 0 Å². The summed E-state index contributed by atoms with van der Waals surface area (Å²) in [6.07, 6.45) is 1.32. The maximum absolute atomic E-state index is 12.7. The lowest BCUT2D eigenvalue weighted by atomic mass is 9.98. The maximum atomic E-state index is 12.7. The van der Waals surface area contributed by atoms with E-state index in [1.165, 1.54) is 13.2 Å². The fourth-order valence-electron chi connectivity index (χ4n) is 2.51. The highest BCUT2D eigenvalue weighted by atomic mass is 79.9. The van der Waals surface area contributed by atoms with E-state index in [-0.39, 0.29) is 18.0 Å². The van der Waals surface area contributed by atoms with Gasteiger partial charge in [0.1, 0.15) is 11.2 Å². The van der Waals surface area contributed by atoms with E-state index in [0.717, 1.165) is 9.37 Å². The van der Waals surface area contributed by atoms with Gasteiger partial charge in [0.2, 0.25) is 5.91 Å². The summed E-state index contributed by atoms with van der Waals surface area (Å²) < 4.78 is 5.36. The molecule has 22 heavy (non-hydrogen) atoms. The number of amides is 2. The van der Waals surface area contributed by atoms with Crippen LogP contribution in [0.5, 0.6) is 0 Å². The number of nitrogens with one attached hydrogen (secondary N) is 2. The molecule has 0 bridgehead atoms. The van der Waals surface area contributed by atoms with E-state index < -0.39 is 17.4 Å². The molecule has 1 saturated heterocycles. The van der Waals surface area contributed by atoms with Gasteiger partial charge in [-0.05, 0) is 24.3 Å². The largest absolute Gasteiger partial charge is 0.464 e. The minimum Gasteiger partial charge on any atom is -0.464 e. The van der Waals surface area contributed by atoms with Crippen LogP contribution in [0.4, 0.5) is 5.69 Å². The van der Waals surface area contributed by atoms with E-state index in [2.05, 4.69) is 31.5 Å². The zero-order chi connectivity index (χ0) is 15.9. The summed E-state index contributed by atoms with van der Waals surface area (Å²) in [6, 6.07) is 6.89. The molecule has 0 radical (unpaired) electrons. The molecule has 2 amide bonds. The second-order valence-electron chi connectivity index (χ2n) is 4.96. The van der Waals surface area contributed by atoms with Crippen LogP contribution in [-0.4, -0.2) is 30.4 Å². The normalized spacial score (nSPS) is 23.7. The van der Waals surface area contributed by atoms with Gasteiger partial charge < -0.3 is 10.2 Å². The van der Waals surface area contributed by atoms with Crippen LogP contribution in [-0.2, 0) is 19.1 Å². The van der Waals surface area contributed by atoms with Crippen LogP contribution in [0, 0.1) is 0 Å². The highest BCUT2D eigenvalue weighted by Crippen LogP contribution is 2.33. The van der Waals surface area contributed by atoms with Crippen molar-refractivity contribution in [1.29, 1.82) is 0 Å². The van der Waals surface area contributed by atoms with Gasteiger partial charge in [0.25, 0.3) is 5.91 Å². The molecule has 1 aromatic rings. The molecule has 8 heteroatoms. The first-order chi connectivity index (χ1) is 10.5. The summed E-state index contributed by atoms with van der Waals surface area (Å²) in [5.41, 5.74) is 4.65. The Hall–Kier alpha value is -2.19. The molecule has 7 nitrogen and oxygen atoms in total. The van der Waals surface area contributed by atoms with Crippen molar-refractivity contribution in [1.82, 2.24) is 10.9 Å². The Labute approximate surface area is 134 Å². The fourth-order valence-corrected chi connectivity index (χ4v) is 2.90. The number of hydrogen-bond acceptors (Lipinski definition) is 6. The number of benzene rings is 1. The van der Waals surface area contributed by atoms with Crippen LogP contribution in [0.15, 0.2) is 40.5 Å². The zero-order valence-corrected chi connectivity index (χ0v) is 13.1. The van der Waals surface area contributed by atoms with Crippen molar-refractivity contribution in [2.24, 2.45) is 0 Å². The number of hydrazine groups is 1. The Bertz CT molecular complexity index is 718. The summed E-state index contributed by atoms with van der Waals surface area (Å²) in [7, 11) is 1.24. The highest BCUT2D eigenvalue weighted by molar-refractivity contribution is 9.10. The molecule has 1 fully saturated rings. The van der Waals surface area contributed by atoms with Crippen LogP contribution >= 0.6 is 15.9 Å². The Morgan fingerprint density at radius 1 is 1.41 bits per heavy atom. The molecule has 1 aromatic carbocycles. The summed E-state index contributed by atoms with van der Waals surface area (Å²) in [4.78, 5) is 37.6. The van der Waals surface area contributed by atoms with Gasteiger partial charge in [-0.2, -0.15) is 0 Å². The van der Waals surface area contributed by atoms with E-state index in [1.807, 2.05) is 0 Å². The summed E-state index contributed by atoms with van der Waals surface area (Å²) in [5.74, 6) is -1.40. The van der Waals surface area contributed by atoms with Crippen molar-refractivity contribution in [3.05, 3.63) is 40.5 Å². The molecule has 0 aromatic heterocycles. The van der Waals surface area contributed by atoms with Crippen molar-refractivity contribution >= 4 is 39.4 Å². The van der Waals surface area contributed by atoms with E-state index >= 15 is 0 Å². The van der Waals surface area contributed by atoms with E-state index in [4.69, 9.17) is 0 Å². The number of nitrogens with zero attached hydrogens (tertiary/aromatic N) is 1. The van der Waals surface area contributed by atoms with Crippen molar-refractivity contribution in [2.45, 2.75) is 12.0 Å². The summed E-state index contributed by atoms with van der Waals surface area (Å²) >= 11 is 3.31. The zero-order valence-electron chi connectivity index (χ0n) is 11.6. The first-order valence-electron chi connectivity index (χ1n) is 6.44. The predicted molar refractivity (Wildman–Crippen MR) is 80.4 cm³/mol. The van der Waals surface area contributed by atoms with Gasteiger partial charge in [-0.1, -0.05) is 22.0 Å². The molecular weight excluding hydrogens is 354 g/mol.